The van der Waals surface area contributed by atoms with Gasteiger partial charge in [0.2, 0.25) is 0 Å². The summed E-state index contributed by atoms with van der Waals surface area (Å²) in [7, 11) is 0. The summed E-state index contributed by atoms with van der Waals surface area (Å²) in [6.07, 6.45) is 5.32. The second kappa shape index (κ2) is 5.27. The molecule has 0 saturated carbocycles. The largest absolute Gasteiger partial charge is 0.394 e. The number of aromatic nitrogens is 1. The Bertz CT molecular complexity index is 326. The summed E-state index contributed by atoms with van der Waals surface area (Å²) in [6, 6.07) is 4.25. The number of rotatable bonds is 3. The van der Waals surface area contributed by atoms with Crippen molar-refractivity contribution in [1.29, 1.82) is 0 Å². The third-order valence-corrected chi connectivity index (χ3v) is 3.19. The topological polar surface area (TPSA) is 62.4 Å². The molecule has 0 spiro atoms. The zero-order valence-corrected chi connectivity index (χ0v) is 9.47. The van der Waals surface area contributed by atoms with Gasteiger partial charge in [0.25, 0.3) is 0 Å². The number of nitrogens with two attached hydrogens (primary N) is 1. The van der Waals surface area contributed by atoms with Crippen LogP contribution < -0.4 is 10.6 Å². The minimum atomic E-state index is 0.221. The summed E-state index contributed by atoms with van der Waals surface area (Å²) < 4.78 is 0. The average molecular weight is 221 g/mol. The molecule has 4 heteroatoms. The minimum absolute atomic E-state index is 0.221. The first-order valence-electron chi connectivity index (χ1n) is 5.87. The van der Waals surface area contributed by atoms with E-state index in [0.29, 0.717) is 6.54 Å². The summed E-state index contributed by atoms with van der Waals surface area (Å²) in [6.45, 7) is 1.71. The summed E-state index contributed by atoms with van der Waals surface area (Å²) in [4.78, 5) is 6.54. The normalized spacial score (nSPS) is 21.1. The van der Waals surface area contributed by atoms with Gasteiger partial charge in [-0.15, -0.1) is 0 Å². The molecule has 1 atom stereocenters. The van der Waals surface area contributed by atoms with Gasteiger partial charge < -0.3 is 15.7 Å². The van der Waals surface area contributed by atoms with Gasteiger partial charge in [0.1, 0.15) is 0 Å². The van der Waals surface area contributed by atoms with Crippen molar-refractivity contribution in [1.82, 2.24) is 4.98 Å². The molecule has 1 unspecified atom stereocenters. The van der Waals surface area contributed by atoms with Gasteiger partial charge in [0.05, 0.1) is 30.2 Å². The fourth-order valence-corrected chi connectivity index (χ4v) is 2.24. The van der Waals surface area contributed by atoms with Crippen LogP contribution in [0.3, 0.4) is 0 Å². The molecule has 1 fully saturated rings. The third-order valence-electron chi connectivity index (χ3n) is 3.19. The van der Waals surface area contributed by atoms with E-state index in [2.05, 4.69) is 9.88 Å². The van der Waals surface area contributed by atoms with Crippen molar-refractivity contribution >= 4 is 5.69 Å². The number of anilines is 1. The molecule has 4 nitrogen and oxygen atoms in total. The predicted molar refractivity (Wildman–Crippen MR) is 64.2 cm³/mol. The smallest absolute Gasteiger partial charge is 0.0635 e. The first kappa shape index (κ1) is 11.4. The van der Waals surface area contributed by atoms with Gasteiger partial charge in [0, 0.05) is 13.1 Å². The fourth-order valence-electron chi connectivity index (χ4n) is 2.24. The molecule has 1 saturated heterocycles. The summed E-state index contributed by atoms with van der Waals surface area (Å²) in [5.74, 6) is 0. The Labute approximate surface area is 96.1 Å². The molecule has 3 N–H and O–H groups in total. The van der Waals surface area contributed by atoms with Crippen molar-refractivity contribution in [2.75, 3.05) is 18.1 Å². The van der Waals surface area contributed by atoms with Gasteiger partial charge in [-0.3, -0.25) is 4.98 Å². The summed E-state index contributed by atoms with van der Waals surface area (Å²) in [5, 5.41) is 9.34. The van der Waals surface area contributed by atoms with Gasteiger partial charge in [-0.2, -0.15) is 0 Å². The first-order chi connectivity index (χ1) is 7.85. The molecule has 1 aliphatic rings. The molecule has 2 heterocycles. The zero-order valence-electron chi connectivity index (χ0n) is 9.47. The van der Waals surface area contributed by atoms with E-state index in [1.54, 1.807) is 0 Å². The van der Waals surface area contributed by atoms with Crippen LogP contribution in [-0.4, -0.2) is 29.3 Å². The highest BCUT2D eigenvalue weighted by molar-refractivity contribution is 5.46. The molecule has 0 radical (unpaired) electrons. The van der Waals surface area contributed by atoms with Crippen LogP contribution in [0.2, 0.25) is 0 Å². The van der Waals surface area contributed by atoms with Crippen molar-refractivity contribution in [3.8, 4) is 0 Å². The van der Waals surface area contributed by atoms with Crippen LogP contribution in [0.15, 0.2) is 18.3 Å². The van der Waals surface area contributed by atoms with Crippen molar-refractivity contribution in [2.24, 2.45) is 5.73 Å². The maximum atomic E-state index is 9.34. The number of hydrogen-bond donors (Lipinski definition) is 2. The van der Waals surface area contributed by atoms with Crippen LogP contribution in [0, 0.1) is 0 Å². The highest BCUT2D eigenvalue weighted by Crippen LogP contribution is 2.23. The highest BCUT2D eigenvalue weighted by Gasteiger charge is 2.21. The van der Waals surface area contributed by atoms with Crippen LogP contribution in [0.5, 0.6) is 0 Å². The molecule has 2 rings (SSSR count). The van der Waals surface area contributed by atoms with E-state index in [4.69, 9.17) is 5.73 Å². The maximum absolute atomic E-state index is 9.34. The lowest BCUT2D eigenvalue weighted by molar-refractivity contribution is 0.240. The molecule has 0 bridgehead atoms. The Kier molecular flexibility index (Phi) is 3.74. The number of nitrogens with zero attached hydrogens (tertiary/aromatic N) is 2. The Hall–Kier alpha value is -1.13. The molecule has 0 amide bonds. The highest BCUT2D eigenvalue weighted by atomic mass is 16.3. The first-order valence-corrected chi connectivity index (χ1v) is 5.87. The van der Waals surface area contributed by atoms with Crippen LogP contribution >= 0.6 is 0 Å². The van der Waals surface area contributed by atoms with E-state index >= 15 is 0 Å². The van der Waals surface area contributed by atoms with E-state index in [0.717, 1.165) is 24.3 Å². The number of aliphatic hydroxyl groups excluding tert-OH is 1. The zero-order chi connectivity index (χ0) is 11.4. The lowest BCUT2D eigenvalue weighted by Crippen LogP contribution is -2.41. The monoisotopic (exact) mass is 221 g/mol. The SMILES string of the molecule is NCc1ccc(N2CCCCC2CO)cn1. The molecule has 0 aromatic carbocycles. The minimum Gasteiger partial charge on any atom is -0.394 e. The van der Waals surface area contributed by atoms with Crippen LogP contribution in [0.25, 0.3) is 0 Å². The summed E-state index contributed by atoms with van der Waals surface area (Å²) in [5.41, 5.74) is 7.51. The number of hydrogen-bond acceptors (Lipinski definition) is 4. The van der Waals surface area contributed by atoms with E-state index in [-0.39, 0.29) is 12.6 Å². The fraction of sp³-hybridized carbons (Fsp3) is 0.583. The van der Waals surface area contributed by atoms with E-state index in [1.807, 2.05) is 18.3 Å². The van der Waals surface area contributed by atoms with Gasteiger partial charge >= 0.3 is 0 Å². The standard InChI is InChI=1S/C12H19N3O/c13-7-10-4-5-11(8-14-10)15-6-2-1-3-12(15)9-16/h4-5,8,12,16H,1-3,6-7,9,13H2. The van der Waals surface area contributed by atoms with Crippen LogP contribution in [0.1, 0.15) is 25.0 Å². The number of pyridine rings is 1. The van der Waals surface area contributed by atoms with Gasteiger partial charge in [0.15, 0.2) is 0 Å². The van der Waals surface area contributed by atoms with E-state index in [9.17, 15) is 5.11 Å². The molecule has 88 valence electrons. The van der Waals surface area contributed by atoms with E-state index < -0.39 is 0 Å². The second-order valence-corrected chi connectivity index (χ2v) is 4.24. The molecular weight excluding hydrogens is 202 g/mol. The third kappa shape index (κ3) is 2.33. The van der Waals surface area contributed by atoms with Gasteiger partial charge in [-0.25, -0.2) is 0 Å². The molecule has 1 aromatic heterocycles. The molecule has 0 aliphatic carbocycles. The molecule has 16 heavy (non-hydrogen) atoms. The molecule has 1 aromatic rings. The second-order valence-electron chi connectivity index (χ2n) is 4.24. The van der Waals surface area contributed by atoms with Gasteiger partial charge in [-0.05, 0) is 31.4 Å². The Balaban J connectivity index is 2.14. The van der Waals surface area contributed by atoms with Crippen molar-refractivity contribution < 1.29 is 5.11 Å². The van der Waals surface area contributed by atoms with E-state index in [1.165, 1.54) is 12.8 Å². The predicted octanol–water partition coefficient (Wildman–Crippen LogP) is 0.891. The van der Waals surface area contributed by atoms with Crippen molar-refractivity contribution in [3.05, 3.63) is 24.0 Å². The number of aliphatic hydroxyl groups is 1. The van der Waals surface area contributed by atoms with Gasteiger partial charge in [-0.1, -0.05) is 0 Å². The Morgan fingerprint density at radius 1 is 1.44 bits per heavy atom. The maximum Gasteiger partial charge on any atom is 0.0635 e. The Morgan fingerprint density at radius 3 is 2.94 bits per heavy atom. The average Bonchev–Trinajstić information content (AvgIpc) is 2.39. The van der Waals surface area contributed by atoms with Crippen LogP contribution in [-0.2, 0) is 6.54 Å². The lowest BCUT2D eigenvalue weighted by atomic mass is 10.0. The van der Waals surface area contributed by atoms with Crippen LogP contribution in [0.4, 0.5) is 5.69 Å². The lowest BCUT2D eigenvalue weighted by Gasteiger charge is -2.36. The molecule has 1 aliphatic heterocycles. The Morgan fingerprint density at radius 2 is 2.31 bits per heavy atom. The van der Waals surface area contributed by atoms with Crippen molar-refractivity contribution in [3.63, 3.8) is 0 Å². The number of piperidine rings is 1. The molecular formula is C12H19N3O. The summed E-state index contributed by atoms with van der Waals surface area (Å²) >= 11 is 0. The van der Waals surface area contributed by atoms with Crippen molar-refractivity contribution in [2.45, 2.75) is 31.8 Å². The quantitative estimate of drug-likeness (QED) is 0.795.